The second-order valence-electron chi connectivity index (χ2n) is 5.05. The van der Waals surface area contributed by atoms with E-state index < -0.39 is 0 Å². The van der Waals surface area contributed by atoms with Gasteiger partial charge in [0.2, 0.25) is 5.91 Å². The highest BCUT2D eigenvalue weighted by Crippen LogP contribution is 2.23. The molecule has 3 atom stereocenters. The van der Waals surface area contributed by atoms with Gasteiger partial charge in [-0.2, -0.15) is 11.8 Å². The second kappa shape index (κ2) is 8.05. The van der Waals surface area contributed by atoms with Crippen LogP contribution in [-0.4, -0.2) is 41.1 Å². The molecule has 18 heavy (non-hydrogen) atoms. The lowest BCUT2D eigenvalue weighted by atomic mass is 10.1. The monoisotopic (exact) mass is 272 g/mol. The molecule has 0 saturated carbocycles. The fraction of sp³-hybridized carbons (Fsp3) is 0.929. The van der Waals surface area contributed by atoms with E-state index in [2.05, 4.69) is 37.2 Å². The minimum absolute atomic E-state index is 0.0609. The third kappa shape index (κ3) is 3.64. The molecular weight excluding hydrogens is 244 g/mol. The molecule has 0 aromatic rings. The maximum atomic E-state index is 12.5. The molecule has 0 aromatic heterocycles. The molecule has 1 heterocycles. The van der Waals surface area contributed by atoms with E-state index in [4.69, 9.17) is 0 Å². The van der Waals surface area contributed by atoms with Gasteiger partial charge in [0.05, 0.1) is 12.2 Å². The standard InChI is InChI=1S/C14H28N2OS/c1-5-8-9-12-14(17)16(13(7-3)15-12)11(6-2)10-18-4/h11-13,15H,5-10H2,1-4H3. The van der Waals surface area contributed by atoms with Crippen LogP contribution in [0.4, 0.5) is 0 Å². The van der Waals surface area contributed by atoms with Gasteiger partial charge >= 0.3 is 0 Å². The molecule has 0 aromatic carbocycles. The van der Waals surface area contributed by atoms with E-state index in [0.717, 1.165) is 37.9 Å². The highest BCUT2D eigenvalue weighted by molar-refractivity contribution is 7.98. The first-order valence-electron chi connectivity index (χ1n) is 7.26. The summed E-state index contributed by atoms with van der Waals surface area (Å²) in [5, 5.41) is 3.52. The summed E-state index contributed by atoms with van der Waals surface area (Å²) >= 11 is 1.83. The Morgan fingerprint density at radius 2 is 2.11 bits per heavy atom. The van der Waals surface area contributed by atoms with Crippen LogP contribution in [0.5, 0.6) is 0 Å². The molecule has 1 saturated heterocycles. The number of rotatable bonds is 8. The van der Waals surface area contributed by atoms with Gasteiger partial charge in [-0.25, -0.2) is 0 Å². The summed E-state index contributed by atoms with van der Waals surface area (Å²) in [6, 6.07) is 0.447. The van der Waals surface area contributed by atoms with Crippen LogP contribution in [0.2, 0.25) is 0 Å². The summed E-state index contributed by atoms with van der Waals surface area (Å²) in [5.41, 5.74) is 0. The van der Waals surface area contributed by atoms with Crippen molar-refractivity contribution < 1.29 is 4.79 Å². The zero-order valence-corrected chi connectivity index (χ0v) is 13.1. The van der Waals surface area contributed by atoms with Crippen LogP contribution < -0.4 is 5.32 Å². The minimum atomic E-state index is 0.0609. The molecule has 1 aliphatic heterocycles. The normalized spacial score (nSPS) is 25.8. The van der Waals surface area contributed by atoms with Crippen LogP contribution in [0.25, 0.3) is 0 Å². The van der Waals surface area contributed by atoms with Crippen molar-refractivity contribution in [3.05, 3.63) is 0 Å². The molecule has 1 rings (SSSR count). The molecule has 4 heteroatoms. The van der Waals surface area contributed by atoms with Crippen molar-refractivity contribution in [2.45, 2.75) is 71.1 Å². The van der Waals surface area contributed by atoms with Gasteiger partial charge in [-0.15, -0.1) is 0 Å². The molecule has 106 valence electrons. The third-order valence-electron chi connectivity index (χ3n) is 3.74. The molecule has 1 fully saturated rings. The van der Waals surface area contributed by atoms with Crippen LogP contribution >= 0.6 is 11.8 Å². The fourth-order valence-electron chi connectivity index (χ4n) is 2.67. The number of nitrogens with zero attached hydrogens (tertiary/aromatic N) is 1. The quantitative estimate of drug-likeness (QED) is 0.737. The summed E-state index contributed by atoms with van der Waals surface area (Å²) in [6.45, 7) is 6.52. The second-order valence-corrected chi connectivity index (χ2v) is 5.96. The Morgan fingerprint density at radius 3 is 2.61 bits per heavy atom. The van der Waals surface area contributed by atoms with Crippen molar-refractivity contribution in [2.75, 3.05) is 12.0 Å². The molecule has 0 radical (unpaired) electrons. The number of carbonyl (C=O) groups excluding carboxylic acids is 1. The highest BCUT2D eigenvalue weighted by atomic mass is 32.2. The lowest BCUT2D eigenvalue weighted by Gasteiger charge is -2.31. The molecule has 3 nitrogen and oxygen atoms in total. The van der Waals surface area contributed by atoms with Crippen LogP contribution in [-0.2, 0) is 4.79 Å². The van der Waals surface area contributed by atoms with E-state index in [-0.39, 0.29) is 12.2 Å². The number of unbranched alkanes of at least 4 members (excludes halogenated alkanes) is 1. The van der Waals surface area contributed by atoms with E-state index in [0.29, 0.717) is 11.9 Å². The summed E-state index contributed by atoms with van der Waals surface area (Å²) in [5.74, 6) is 1.37. The Bertz CT molecular complexity index is 260. The predicted molar refractivity (Wildman–Crippen MR) is 79.8 cm³/mol. The average Bonchev–Trinajstić information content (AvgIpc) is 2.70. The summed E-state index contributed by atoms with van der Waals surface area (Å²) < 4.78 is 0. The number of nitrogens with one attached hydrogen (secondary N) is 1. The Morgan fingerprint density at radius 1 is 1.39 bits per heavy atom. The Balaban J connectivity index is 2.71. The van der Waals surface area contributed by atoms with Crippen molar-refractivity contribution in [3.63, 3.8) is 0 Å². The number of hydrogen-bond acceptors (Lipinski definition) is 3. The zero-order chi connectivity index (χ0) is 13.5. The largest absolute Gasteiger partial charge is 0.322 e. The Labute approximate surface area is 116 Å². The van der Waals surface area contributed by atoms with Crippen molar-refractivity contribution in [1.82, 2.24) is 10.2 Å². The van der Waals surface area contributed by atoms with Gasteiger partial charge in [0.25, 0.3) is 0 Å². The van der Waals surface area contributed by atoms with Gasteiger partial charge in [0.1, 0.15) is 0 Å². The van der Waals surface area contributed by atoms with Gasteiger partial charge in [-0.05, 0) is 25.5 Å². The maximum Gasteiger partial charge on any atom is 0.241 e. The predicted octanol–water partition coefficient (Wildman–Crippen LogP) is 2.85. The Hall–Kier alpha value is -0.220. The van der Waals surface area contributed by atoms with Gasteiger partial charge in [0, 0.05) is 11.8 Å². The number of hydrogen-bond donors (Lipinski definition) is 1. The van der Waals surface area contributed by atoms with Crippen LogP contribution in [0, 0.1) is 0 Å². The maximum absolute atomic E-state index is 12.5. The van der Waals surface area contributed by atoms with Gasteiger partial charge in [-0.1, -0.05) is 33.6 Å². The summed E-state index contributed by atoms with van der Waals surface area (Å²) in [6.07, 6.45) is 7.68. The number of thioether (sulfide) groups is 1. The fourth-order valence-corrected chi connectivity index (χ4v) is 3.45. The highest BCUT2D eigenvalue weighted by Gasteiger charge is 2.40. The van der Waals surface area contributed by atoms with E-state index in [9.17, 15) is 4.79 Å². The van der Waals surface area contributed by atoms with E-state index in [1.165, 1.54) is 0 Å². The molecule has 1 N–H and O–H groups in total. The smallest absolute Gasteiger partial charge is 0.241 e. The lowest BCUT2D eigenvalue weighted by molar-refractivity contribution is -0.132. The minimum Gasteiger partial charge on any atom is -0.322 e. The van der Waals surface area contributed by atoms with Crippen LogP contribution in [0.15, 0.2) is 0 Å². The van der Waals surface area contributed by atoms with E-state index in [1.807, 2.05) is 11.8 Å². The topological polar surface area (TPSA) is 32.3 Å². The van der Waals surface area contributed by atoms with Crippen LogP contribution in [0.3, 0.4) is 0 Å². The molecule has 0 bridgehead atoms. The average molecular weight is 272 g/mol. The molecular formula is C14H28N2OS. The van der Waals surface area contributed by atoms with Gasteiger partial charge < -0.3 is 4.90 Å². The molecule has 0 aliphatic carbocycles. The van der Waals surface area contributed by atoms with Crippen molar-refractivity contribution in [3.8, 4) is 0 Å². The van der Waals surface area contributed by atoms with Gasteiger partial charge in [0.15, 0.2) is 0 Å². The summed E-state index contributed by atoms with van der Waals surface area (Å²) in [4.78, 5) is 14.6. The first-order valence-corrected chi connectivity index (χ1v) is 8.66. The molecule has 1 aliphatic rings. The zero-order valence-electron chi connectivity index (χ0n) is 12.2. The van der Waals surface area contributed by atoms with Crippen molar-refractivity contribution in [1.29, 1.82) is 0 Å². The molecule has 3 unspecified atom stereocenters. The van der Waals surface area contributed by atoms with E-state index in [1.54, 1.807) is 0 Å². The first-order chi connectivity index (χ1) is 8.69. The number of carbonyl (C=O) groups is 1. The third-order valence-corrected chi connectivity index (χ3v) is 4.46. The Kier molecular flexibility index (Phi) is 7.08. The van der Waals surface area contributed by atoms with Crippen molar-refractivity contribution in [2.24, 2.45) is 0 Å². The number of amides is 1. The lowest BCUT2D eigenvalue weighted by Crippen LogP contribution is -2.45. The molecule has 0 spiro atoms. The molecule has 1 amide bonds. The summed E-state index contributed by atoms with van der Waals surface area (Å²) in [7, 11) is 0. The van der Waals surface area contributed by atoms with E-state index >= 15 is 0 Å². The van der Waals surface area contributed by atoms with Crippen molar-refractivity contribution >= 4 is 17.7 Å². The van der Waals surface area contributed by atoms with Crippen LogP contribution in [0.1, 0.15) is 52.9 Å². The first kappa shape index (κ1) is 15.8. The SMILES string of the molecule is CCCCC1NC(CC)N(C(CC)CSC)C1=O. The van der Waals surface area contributed by atoms with Gasteiger partial charge in [-0.3, -0.25) is 10.1 Å².